The van der Waals surface area contributed by atoms with Crippen molar-refractivity contribution >= 4 is 28.6 Å². The molecule has 0 radical (unpaired) electrons. The lowest BCUT2D eigenvalue weighted by Crippen LogP contribution is -2.37. The average Bonchev–Trinajstić information content (AvgIpc) is 3.63. The summed E-state index contributed by atoms with van der Waals surface area (Å²) in [5.41, 5.74) is 2.80. The number of nitrogens with zero attached hydrogens (tertiary/aromatic N) is 6. The van der Waals surface area contributed by atoms with Crippen molar-refractivity contribution < 1.29 is 13.3 Å². The molecule has 1 atom stereocenters. The van der Waals surface area contributed by atoms with Crippen LogP contribution in [-0.4, -0.2) is 48.7 Å². The van der Waals surface area contributed by atoms with Crippen molar-refractivity contribution in [1.82, 2.24) is 29.7 Å². The molecule has 1 aliphatic carbocycles. The van der Waals surface area contributed by atoms with Gasteiger partial charge in [-0.1, -0.05) is 36.5 Å². The summed E-state index contributed by atoms with van der Waals surface area (Å²) < 4.78 is 34.9. The van der Waals surface area contributed by atoms with Crippen molar-refractivity contribution in [3.8, 4) is 22.8 Å². The van der Waals surface area contributed by atoms with Crippen LogP contribution in [0.2, 0.25) is 5.02 Å². The summed E-state index contributed by atoms with van der Waals surface area (Å²) in [5, 5.41) is 4.23. The Balaban J connectivity index is 1.58. The van der Waals surface area contributed by atoms with E-state index in [0.717, 1.165) is 31.2 Å². The first kappa shape index (κ1) is 25.0. The van der Waals surface area contributed by atoms with Gasteiger partial charge in [-0.25, -0.2) is 23.5 Å². The summed E-state index contributed by atoms with van der Waals surface area (Å²) in [5.74, 6) is 1.05. The highest BCUT2D eigenvalue weighted by atomic mass is 35.5. The number of imidazole rings is 1. The number of halogens is 3. The highest BCUT2D eigenvalue weighted by Gasteiger charge is 2.36. The lowest BCUT2D eigenvalue weighted by atomic mass is 9.83. The number of fused-ring (bicyclic) bond motifs is 1. The van der Waals surface area contributed by atoms with Gasteiger partial charge >= 0.3 is 5.76 Å². The minimum atomic E-state index is -2.48. The fourth-order valence-corrected chi connectivity index (χ4v) is 5.99. The Labute approximate surface area is 222 Å². The van der Waals surface area contributed by atoms with Gasteiger partial charge in [0.05, 0.1) is 27.8 Å². The number of rotatable bonds is 6. The fraction of sp³-hybridized carbons (Fsp3) is 0.500. The second-order valence-electron chi connectivity index (χ2n) is 10.4. The number of aromatic amines is 1. The summed E-state index contributed by atoms with van der Waals surface area (Å²) in [6.07, 6.45) is 6.21. The van der Waals surface area contributed by atoms with Gasteiger partial charge in [0.25, 0.3) is 6.43 Å². The van der Waals surface area contributed by atoms with Crippen LogP contribution < -0.4 is 10.7 Å². The van der Waals surface area contributed by atoms with E-state index in [-0.39, 0.29) is 5.82 Å². The van der Waals surface area contributed by atoms with E-state index < -0.39 is 18.2 Å². The molecule has 1 aliphatic heterocycles. The number of alkyl halides is 2. The maximum Gasteiger partial charge on any atom is 0.439 e. The molecule has 4 aromatic rings. The fourth-order valence-electron chi connectivity index (χ4n) is 5.81. The molecule has 1 saturated carbocycles. The van der Waals surface area contributed by atoms with Gasteiger partial charge in [0.2, 0.25) is 11.8 Å². The molecule has 0 bridgehead atoms. The van der Waals surface area contributed by atoms with Gasteiger partial charge in [0.1, 0.15) is 5.69 Å². The first-order valence-electron chi connectivity index (χ1n) is 13.0. The third-order valence-corrected chi connectivity index (χ3v) is 8.00. The number of nitrogens with one attached hydrogen (secondary N) is 1. The van der Waals surface area contributed by atoms with Crippen LogP contribution in [0.25, 0.3) is 33.8 Å². The van der Waals surface area contributed by atoms with Gasteiger partial charge in [-0.3, -0.25) is 14.5 Å². The summed E-state index contributed by atoms with van der Waals surface area (Å²) >= 11 is 6.30. The molecule has 38 heavy (non-hydrogen) atoms. The van der Waals surface area contributed by atoms with Gasteiger partial charge < -0.3 is 9.47 Å². The maximum absolute atomic E-state index is 14.1. The predicted octanol–water partition coefficient (Wildman–Crippen LogP) is 5.55. The average molecular weight is 544 g/mol. The van der Waals surface area contributed by atoms with Crippen LogP contribution in [0.1, 0.15) is 45.4 Å². The minimum Gasteiger partial charge on any atom is -0.333 e. The van der Waals surface area contributed by atoms with E-state index in [4.69, 9.17) is 26.1 Å². The van der Waals surface area contributed by atoms with E-state index in [9.17, 15) is 13.6 Å². The SMILES string of the molecule is CC1CCC(Cn2c(N3CCC[C@H]3C(F)F)nc3cc(-c4noc(=O)[nH]4)nc(-c4cncc(Cl)c4)c32)CC1. The van der Waals surface area contributed by atoms with Crippen molar-refractivity contribution in [3.05, 3.63) is 40.1 Å². The van der Waals surface area contributed by atoms with Crippen LogP contribution in [0.4, 0.5) is 14.7 Å². The van der Waals surface area contributed by atoms with Gasteiger partial charge in [-0.2, -0.15) is 0 Å². The molecule has 4 aromatic heterocycles. The monoisotopic (exact) mass is 543 g/mol. The molecule has 0 aromatic carbocycles. The third-order valence-electron chi connectivity index (χ3n) is 7.79. The zero-order valence-corrected chi connectivity index (χ0v) is 21.7. The molecular formula is C26H28ClF2N7O2. The molecule has 9 nitrogen and oxygen atoms in total. The highest BCUT2D eigenvalue weighted by Crippen LogP contribution is 2.39. The van der Waals surface area contributed by atoms with Crippen LogP contribution in [-0.2, 0) is 6.54 Å². The molecular weight excluding hydrogens is 516 g/mol. The Kier molecular flexibility index (Phi) is 6.63. The topological polar surface area (TPSA) is 106 Å². The highest BCUT2D eigenvalue weighted by molar-refractivity contribution is 6.30. The first-order chi connectivity index (χ1) is 18.4. The van der Waals surface area contributed by atoms with E-state index in [0.29, 0.717) is 71.2 Å². The summed E-state index contributed by atoms with van der Waals surface area (Å²) in [7, 11) is 0. The van der Waals surface area contributed by atoms with E-state index >= 15 is 0 Å². The van der Waals surface area contributed by atoms with Crippen molar-refractivity contribution in [1.29, 1.82) is 0 Å². The molecule has 200 valence electrons. The number of hydrogen-bond acceptors (Lipinski definition) is 7. The van der Waals surface area contributed by atoms with Gasteiger partial charge in [-0.15, -0.1) is 0 Å². The Morgan fingerprint density at radius 3 is 2.68 bits per heavy atom. The van der Waals surface area contributed by atoms with E-state index in [1.54, 1.807) is 23.2 Å². The van der Waals surface area contributed by atoms with Crippen molar-refractivity contribution in [3.63, 3.8) is 0 Å². The number of anilines is 1. The molecule has 2 fully saturated rings. The van der Waals surface area contributed by atoms with Crippen LogP contribution in [0, 0.1) is 11.8 Å². The normalized spacial score (nSPS) is 22.1. The van der Waals surface area contributed by atoms with Gasteiger partial charge in [-0.05, 0) is 49.7 Å². The number of aromatic nitrogens is 6. The maximum atomic E-state index is 14.1. The molecule has 0 spiro atoms. The Hall–Kier alpha value is -3.34. The van der Waals surface area contributed by atoms with Crippen molar-refractivity contribution in [2.24, 2.45) is 11.8 Å². The first-order valence-corrected chi connectivity index (χ1v) is 13.4. The predicted molar refractivity (Wildman–Crippen MR) is 139 cm³/mol. The van der Waals surface area contributed by atoms with Crippen LogP contribution in [0.5, 0.6) is 0 Å². The Morgan fingerprint density at radius 2 is 1.97 bits per heavy atom. The van der Waals surface area contributed by atoms with Crippen LogP contribution >= 0.6 is 11.6 Å². The van der Waals surface area contributed by atoms with Gasteiger partial charge in [0, 0.05) is 31.0 Å². The van der Waals surface area contributed by atoms with Crippen molar-refractivity contribution in [2.75, 3.05) is 11.4 Å². The zero-order chi connectivity index (χ0) is 26.4. The number of hydrogen-bond donors (Lipinski definition) is 1. The molecule has 6 rings (SSSR count). The standard InChI is InChI=1S/C26H28ClF2N7O2/c1-14-4-6-15(7-5-14)13-36-22-18(32-25(36)35-8-2-3-20(35)23(28)29)10-19(24-33-26(37)38-34-24)31-21(22)16-9-17(27)12-30-11-16/h9-12,14-15,20,23H,2-8,13H2,1H3,(H,33,34,37)/t14?,15?,20-/m0/s1. The van der Waals surface area contributed by atoms with Gasteiger partial charge in [0.15, 0.2) is 0 Å². The molecule has 5 heterocycles. The summed E-state index contributed by atoms with van der Waals surface area (Å²) in [6, 6.07) is 2.57. The number of H-pyrrole nitrogens is 1. The van der Waals surface area contributed by atoms with Crippen molar-refractivity contribution in [2.45, 2.75) is 64.5 Å². The second kappa shape index (κ2) is 10.1. The molecule has 0 unspecified atom stereocenters. The molecule has 0 amide bonds. The Bertz CT molecular complexity index is 1510. The molecule has 2 aliphatic rings. The quantitative estimate of drug-likeness (QED) is 0.340. The van der Waals surface area contributed by atoms with Crippen LogP contribution in [0.3, 0.4) is 0 Å². The smallest absolute Gasteiger partial charge is 0.333 e. The summed E-state index contributed by atoms with van der Waals surface area (Å²) in [6.45, 7) is 3.43. The van der Waals surface area contributed by atoms with E-state index in [1.807, 2.05) is 0 Å². The molecule has 12 heteroatoms. The lowest BCUT2D eigenvalue weighted by molar-refractivity contribution is 0.116. The minimum absolute atomic E-state index is 0.150. The summed E-state index contributed by atoms with van der Waals surface area (Å²) in [4.78, 5) is 29.9. The largest absolute Gasteiger partial charge is 0.439 e. The van der Waals surface area contributed by atoms with E-state index in [1.165, 1.54) is 6.20 Å². The zero-order valence-electron chi connectivity index (χ0n) is 20.9. The van der Waals surface area contributed by atoms with E-state index in [2.05, 4.69) is 26.6 Å². The molecule has 1 N–H and O–H groups in total. The Morgan fingerprint density at radius 1 is 1.16 bits per heavy atom. The molecule has 1 saturated heterocycles. The lowest BCUT2D eigenvalue weighted by Gasteiger charge is -2.30. The third kappa shape index (κ3) is 4.68. The number of pyridine rings is 2. The van der Waals surface area contributed by atoms with Crippen LogP contribution in [0.15, 0.2) is 33.8 Å². The second-order valence-corrected chi connectivity index (χ2v) is 10.9.